The molecule has 21 nitrogen and oxygen atoms in total. The van der Waals surface area contributed by atoms with Gasteiger partial charge >= 0.3 is 5.97 Å². The van der Waals surface area contributed by atoms with Crippen LogP contribution in [0, 0.1) is 22.7 Å². The number of aliphatic imine (C=N–C) groups is 4. The minimum absolute atomic E-state index is 0.0892. The molecule has 0 radical (unpaired) electrons. The molecule has 4 N–H and O–H groups in total. The summed E-state index contributed by atoms with van der Waals surface area (Å²) in [6, 6.07) is 32.5. The molecule has 8 heterocycles. The summed E-state index contributed by atoms with van der Waals surface area (Å²) in [5.74, 6) is -0.440. The lowest BCUT2D eigenvalue weighted by Crippen LogP contribution is -2.37. The van der Waals surface area contributed by atoms with Gasteiger partial charge in [-0.3, -0.25) is 4.79 Å². The van der Waals surface area contributed by atoms with Crippen molar-refractivity contribution in [3.05, 3.63) is 136 Å². The Morgan fingerprint density at radius 2 is 1.28 bits per heavy atom. The Morgan fingerprint density at radius 3 is 1.85 bits per heavy atom. The van der Waals surface area contributed by atoms with Crippen molar-refractivity contribution in [2.45, 2.75) is 63.9 Å². The first-order valence-electron chi connectivity index (χ1n) is 27.1. The van der Waals surface area contributed by atoms with E-state index in [1.165, 1.54) is 31.5 Å². The molecule has 0 saturated carbocycles. The summed E-state index contributed by atoms with van der Waals surface area (Å²) in [4.78, 5) is 55.4. The molecule has 0 spiro atoms. The third-order valence-electron chi connectivity index (χ3n) is 14.6. The first kappa shape index (κ1) is 55.5. The van der Waals surface area contributed by atoms with Gasteiger partial charge in [-0.1, -0.05) is 24.3 Å². The largest absolute Gasteiger partial charge is 0.488 e. The second kappa shape index (κ2) is 25.6. The lowest BCUT2D eigenvalue weighted by molar-refractivity contribution is -0.145. The van der Waals surface area contributed by atoms with Crippen molar-refractivity contribution in [3.8, 4) is 34.9 Å². The number of rotatable bonds is 12. The number of carbonyl (C=O) groups is 2. The second-order valence-corrected chi connectivity index (χ2v) is 20.1. The van der Waals surface area contributed by atoms with Crippen molar-refractivity contribution in [2.24, 2.45) is 20.0 Å². The first-order chi connectivity index (χ1) is 39.4. The van der Waals surface area contributed by atoms with Gasteiger partial charge < -0.3 is 54.3 Å². The molecular formula is C60H61N12O9+. The Hall–Kier alpha value is -8.79. The maximum atomic E-state index is 12.1. The molecule has 4 fully saturated rings. The number of allylic oxidation sites excluding steroid dienone is 2. The maximum Gasteiger partial charge on any atom is 0.332 e. The highest BCUT2D eigenvalue weighted by Gasteiger charge is 2.35. The number of aliphatic carboxylic acids is 1. The van der Waals surface area contributed by atoms with E-state index in [1.54, 1.807) is 17.0 Å². The van der Waals surface area contributed by atoms with Crippen LogP contribution >= 0.6 is 0 Å². The van der Waals surface area contributed by atoms with Crippen LogP contribution in [0.3, 0.4) is 0 Å². The van der Waals surface area contributed by atoms with Gasteiger partial charge in [-0.15, -0.1) is 0 Å². The Bertz CT molecular complexity index is 3380. The van der Waals surface area contributed by atoms with Crippen molar-refractivity contribution in [1.82, 2.24) is 20.2 Å². The number of carbonyl (C=O) groups excluding carboxylic acids is 1. The third-order valence-corrected chi connectivity index (χ3v) is 14.6. The van der Waals surface area contributed by atoms with Gasteiger partial charge in [0.15, 0.2) is 5.70 Å². The van der Waals surface area contributed by atoms with Gasteiger partial charge in [0, 0.05) is 69.0 Å². The third kappa shape index (κ3) is 13.1. The minimum Gasteiger partial charge on any atom is -0.488 e. The average Bonchev–Trinajstić information content (AvgIpc) is 4.43. The van der Waals surface area contributed by atoms with Crippen LogP contribution in [0.25, 0.3) is 11.3 Å². The van der Waals surface area contributed by atoms with Gasteiger partial charge in [0.05, 0.1) is 78.9 Å². The summed E-state index contributed by atoms with van der Waals surface area (Å²) in [5.41, 5.74) is 13.3. The molecule has 4 aromatic carbocycles. The van der Waals surface area contributed by atoms with Crippen LogP contribution in [0.1, 0.15) is 66.6 Å². The molecule has 12 rings (SSSR count). The van der Waals surface area contributed by atoms with Crippen molar-refractivity contribution in [1.29, 1.82) is 10.5 Å². The summed E-state index contributed by atoms with van der Waals surface area (Å²) in [5, 5.41) is 48.3. The standard InChI is InChI=1S/C30H30N6O4.C27H25N6O2.C3H6O3/c1-19(37)30(38)36-9-8-24(17-36)40-27-7-4-21(14-22(27)16-31)28-29-26(32-18-33-28)15-25(34-29)20-2-5-23(6-3-20)35-10-12-39-13-11-35;28-15-20-13-19(3-6-25(20)35-22-7-8-29-16-22)26-27-24(30-17-31-26)14-23(32-27)18-1-4-21(5-2-18)33-9-11-34-12-10-33;1-2(4)3(5)6/h2-7,14,18-19,24,37H,8-13,15,17H2,1H3;1-6,13,22,29H,7-12,14,16H2;2,4H,1H3,(H,5,6)/q;+1;/t19-,24-;22-;2-/m111/s1. The zero-order valence-corrected chi connectivity index (χ0v) is 45.0. The summed E-state index contributed by atoms with van der Waals surface area (Å²) in [6.07, 6.45) is 4.69. The monoisotopic (exact) mass is 1090 g/mol. The molecule has 1 amide bonds. The number of amides is 1. The molecule has 0 bridgehead atoms. The van der Waals surface area contributed by atoms with Crippen molar-refractivity contribution in [3.63, 3.8) is 0 Å². The van der Waals surface area contributed by atoms with Crippen molar-refractivity contribution < 1.29 is 43.9 Å². The Morgan fingerprint density at radius 1 is 0.716 bits per heavy atom. The number of likely N-dealkylation sites (tertiary alicyclic amines) is 1. The fourth-order valence-electron chi connectivity index (χ4n) is 10.2. The van der Waals surface area contributed by atoms with Crippen LogP contribution < -0.4 is 24.6 Å². The number of ether oxygens (including phenoxy) is 4. The predicted molar refractivity (Wildman–Crippen MR) is 303 cm³/mol. The second-order valence-electron chi connectivity index (χ2n) is 20.1. The highest BCUT2D eigenvalue weighted by Crippen LogP contribution is 2.38. The first-order valence-corrected chi connectivity index (χ1v) is 27.1. The Kier molecular flexibility index (Phi) is 17.5. The number of carboxylic acids is 1. The van der Waals surface area contributed by atoms with Crippen molar-refractivity contribution >= 4 is 52.4 Å². The van der Waals surface area contributed by atoms with E-state index in [4.69, 9.17) is 39.1 Å². The minimum atomic E-state index is -1.23. The van der Waals surface area contributed by atoms with E-state index in [-0.39, 0.29) is 18.1 Å². The molecule has 5 aromatic rings. The van der Waals surface area contributed by atoms with Crippen LogP contribution in [0.15, 0.2) is 123 Å². The SMILES string of the molecule is C[C@@H](O)C(=O)N1CC[C@@H](Oc2ccc(-c3ncnc4c3N=C(c3ccc(N5CCOCC5)cc3)C4)cc2C#N)C1.C[C@@H](O)C(=O)O.N#Cc1cc(C2=N[C+]=NC3=C2N=C(c2ccc(N4CCOCC4)cc2)C3)ccc1O[C@@H]1CCNC1. The zero-order valence-electron chi connectivity index (χ0n) is 45.0. The van der Waals surface area contributed by atoms with E-state index in [0.29, 0.717) is 66.4 Å². The van der Waals surface area contributed by atoms with Crippen LogP contribution in [-0.2, 0) is 25.5 Å². The molecule has 7 aliphatic heterocycles. The number of aliphatic hydroxyl groups excluding tert-OH is 2. The topological polar surface area (TPSA) is 276 Å². The maximum absolute atomic E-state index is 12.1. The lowest BCUT2D eigenvalue weighted by atomic mass is 10.0. The Labute approximate surface area is 468 Å². The molecule has 81 heavy (non-hydrogen) atoms. The summed E-state index contributed by atoms with van der Waals surface area (Å²) >= 11 is 0. The van der Waals surface area contributed by atoms with Crippen LogP contribution in [-0.4, -0.2) is 169 Å². The fraction of sp³-hybridized carbons (Fsp3) is 0.367. The Balaban J connectivity index is 0.000000166. The zero-order chi connectivity index (χ0) is 56.4. The summed E-state index contributed by atoms with van der Waals surface area (Å²) in [6.45, 7) is 11.9. The number of carboxylic acid groups (broad SMARTS) is 1. The number of anilines is 2. The fourth-order valence-corrected chi connectivity index (χ4v) is 10.2. The number of hydrogen-bond acceptors (Lipinski definition) is 19. The van der Waals surface area contributed by atoms with Crippen LogP contribution in [0.2, 0.25) is 0 Å². The average molecular weight is 1090 g/mol. The number of morpholine rings is 2. The molecule has 4 saturated heterocycles. The van der Waals surface area contributed by atoms with Gasteiger partial charge in [-0.05, 0) is 109 Å². The van der Waals surface area contributed by atoms with Gasteiger partial charge in [-0.2, -0.15) is 10.5 Å². The van der Waals surface area contributed by atoms with E-state index < -0.39 is 18.2 Å². The smallest absolute Gasteiger partial charge is 0.332 e. The summed E-state index contributed by atoms with van der Waals surface area (Å²) in [7, 11) is 0. The molecule has 0 aliphatic carbocycles. The molecule has 1 aromatic heterocycles. The van der Waals surface area contributed by atoms with Gasteiger partial charge in [-0.25, -0.2) is 24.7 Å². The number of nitrogens with one attached hydrogen (secondary N) is 1. The van der Waals surface area contributed by atoms with Gasteiger partial charge in [0.1, 0.15) is 60.1 Å². The van der Waals surface area contributed by atoms with E-state index in [0.717, 1.165) is 129 Å². The summed E-state index contributed by atoms with van der Waals surface area (Å²) < 4.78 is 23.1. The molecular weight excluding hydrogens is 1030 g/mol. The molecule has 21 heteroatoms. The highest BCUT2D eigenvalue weighted by molar-refractivity contribution is 6.21. The number of benzene rings is 4. The molecule has 4 atom stereocenters. The quantitative estimate of drug-likeness (QED) is 0.116. The highest BCUT2D eigenvalue weighted by atomic mass is 16.5. The predicted octanol–water partition coefficient (Wildman–Crippen LogP) is 5.29. The van der Waals surface area contributed by atoms with Crippen LogP contribution in [0.5, 0.6) is 11.5 Å². The number of aliphatic hydroxyl groups is 2. The molecule has 0 unspecified atom stereocenters. The lowest BCUT2D eigenvalue weighted by Gasteiger charge is -2.28. The van der Waals surface area contributed by atoms with Crippen molar-refractivity contribution in [2.75, 3.05) is 88.6 Å². The van der Waals surface area contributed by atoms with E-state index in [9.17, 15) is 25.2 Å². The number of fused-ring (bicyclic) bond motifs is 1. The number of hydrogen-bond donors (Lipinski definition) is 4. The number of nitrogens with zero attached hydrogens (tertiary/aromatic N) is 11. The molecule has 414 valence electrons. The normalized spacial score (nSPS) is 19.6. The van der Waals surface area contributed by atoms with Gasteiger partial charge in [0.2, 0.25) is 11.4 Å². The number of aromatic nitrogens is 2. The van der Waals surface area contributed by atoms with Crippen LogP contribution in [0.4, 0.5) is 17.1 Å². The van der Waals surface area contributed by atoms with E-state index in [2.05, 4.69) is 102 Å². The van der Waals surface area contributed by atoms with E-state index >= 15 is 0 Å². The van der Waals surface area contributed by atoms with E-state index in [1.807, 2.05) is 24.3 Å². The van der Waals surface area contributed by atoms with Gasteiger partial charge in [0.25, 0.3) is 12.2 Å². The molecule has 7 aliphatic rings. The number of nitriles is 2.